The molecule has 2 heteroatoms. The zero-order valence-corrected chi connectivity index (χ0v) is 14.6. The Balaban J connectivity index is 2.99. The highest BCUT2D eigenvalue weighted by Crippen LogP contribution is 2.13. The van der Waals surface area contributed by atoms with Crippen molar-refractivity contribution in [3.05, 3.63) is 19.6 Å². The van der Waals surface area contributed by atoms with E-state index in [0.29, 0.717) is 6.61 Å². The molecule has 0 heterocycles. The van der Waals surface area contributed by atoms with Crippen LogP contribution in [0, 0.1) is 6.92 Å². The molecule has 2 nitrogen and oxygen atoms in total. The summed E-state index contributed by atoms with van der Waals surface area (Å²) in [4.78, 5) is 10.8. The first-order valence-electron chi connectivity index (χ1n) is 9.39. The monoisotopic (exact) mass is 309 g/mol. The zero-order valence-electron chi connectivity index (χ0n) is 14.6. The van der Waals surface area contributed by atoms with Gasteiger partial charge in [0, 0.05) is 6.08 Å². The Kier molecular flexibility index (Phi) is 17.6. The predicted molar refractivity (Wildman–Crippen MR) is 95.8 cm³/mol. The lowest BCUT2D eigenvalue weighted by Gasteiger charge is -2.04. The highest BCUT2D eigenvalue weighted by Gasteiger charge is 1.96. The van der Waals surface area contributed by atoms with E-state index in [0.717, 1.165) is 19.3 Å². The van der Waals surface area contributed by atoms with Gasteiger partial charge in [0.15, 0.2) is 0 Å². The van der Waals surface area contributed by atoms with Gasteiger partial charge in [-0.3, -0.25) is 0 Å². The molecule has 0 fully saturated rings. The van der Waals surface area contributed by atoms with Crippen molar-refractivity contribution in [3.8, 4) is 0 Å². The zero-order chi connectivity index (χ0) is 16.3. The van der Waals surface area contributed by atoms with Crippen LogP contribution in [0.5, 0.6) is 0 Å². The predicted octanol–water partition coefficient (Wildman–Crippen LogP) is 6.40. The van der Waals surface area contributed by atoms with E-state index in [2.05, 4.69) is 13.5 Å². The summed E-state index contributed by atoms with van der Waals surface area (Å²) in [6, 6.07) is 0. The minimum atomic E-state index is -0.303. The maximum absolute atomic E-state index is 10.8. The topological polar surface area (TPSA) is 26.3 Å². The van der Waals surface area contributed by atoms with Gasteiger partial charge in [-0.05, 0) is 6.42 Å². The Labute approximate surface area is 138 Å². The standard InChI is InChI=1S/C20H37O2/c1-3-5-6-7-8-9-10-11-12-13-14-15-16-17-18-19-22-20(21)4-2/h4H,1-3,5-19H2. The third-order valence-electron chi connectivity index (χ3n) is 4.06. The maximum Gasteiger partial charge on any atom is 0.330 e. The summed E-state index contributed by atoms with van der Waals surface area (Å²) in [5.74, 6) is -0.303. The molecule has 0 saturated heterocycles. The second-order valence-corrected chi connectivity index (χ2v) is 6.17. The van der Waals surface area contributed by atoms with Crippen LogP contribution in [-0.4, -0.2) is 12.6 Å². The first kappa shape index (κ1) is 21.2. The third kappa shape index (κ3) is 17.3. The fourth-order valence-corrected chi connectivity index (χ4v) is 2.63. The van der Waals surface area contributed by atoms with Crippen molar-refractivity contribution < 1.29 is 9.53 Å². The van der Waals surface area contributed by atoms with Gasteiger partial charge in [0.1, 0.15) is 0 Å². The Bertz CT molecular complexity index is 248. The molecule has 0 spiro atoms. The first-order chi connectivity index (χ1) is 10.8. The summed E-state index contributed by atoms with van der Waals surface area (Å²) in [5.41, 5.74) is 0. The summed E-state index contributed by atoms with van der Waals surface area (Å²) < 4.78 is 4.94. The number of hydrogen-bond acceptors (Lipinski definition) is 2. The summed E-state index contributed by atoms with van der Waals surface area (Å²) >= 11 is 0. The Hall–Kier alpha value is -0.790. The van der Waals surface area contributed by atoms with Crippen LogP contribution in [-0.2, 0) is 9.53 Å². The summed E-state index contributed by atoms with van der Waals surface area (Å²) in [7, 11) is 0. The van der Waals surface area contributed by atoms with E-state index < -0.39 is 0 Å². The van der Waals surface area contributed by atoms with Gasteiger partial charge in [-0.1, -0.05) is 103 Å². The molecule has 0 saturated carbocycles. The summed E-state index contributed by atoms with van der Waals surface area (Å²) in [6.45, 7) is 7.79. The molecule has 0 aliphatic heterocycles. The second kappa shape index (κ2) is 18.3. The fraction of sp³-hybridized carbons (Fsp3) is 0.800. The molecule has 0 aromatic heterocycles. The van der Waals surface area contributed by atoms with E-state index in [1.54, 1.807) is 0 Å². The van der Waals surface area contributed by atoms with E-state index in [-0.39, 0.29) is 5.97 Å². The molecule has 0 atom stereocenters. The van der Waals surface area contributed by atoms with Crippen LogP contribution in [0.1, 0.15) is 96.3 Å². The molecular weight excluding hydrogens is 272 g/mol. The normalized spacial score (nSPS) is 10.6. The van der Waals surface area contributed by atoms with E-state index in [9.17, 15) is 4.79 Å². The van der Waals surface area contributed by atoms with Crippen molar-refractivity contribution in [1.82, 2.24) is 0 Å². The molecule has 0 rings (SSSR count). The van der Waals surface area contributed by atoms with Gasteiger partial charge >= 0.3 is 5.97 Å². The highest BCUT2D eigenvalue weighted by atomic mass is 16.5. The lowest BCUT2D eigenvalue weighted by atomic mass is 10.0. The molecule has 0 aromatic rings. The number of esters is 1. The first-order valence-corrected chi connectivity index (χ1v) is 9.39. The fourth-order valence-electron chi connectivity index (χ4n) is 2.63. The van der Waals surface area contributed by atoms with E-state index in [1.807, 2.05) is 0 Å². The van der Waals surface area contributed by atoms with Gasteiger partial charge in [-0.25, -0.2) is 4.79 Å². The number of hydrogen-bond donors (Lipinski definition) is 0. The van der Waals surface area contributed by atoms with Gasteiger partial charge in [-0.15, -0.1) is 0 Å². The molecule has 0 N–H and O–H groups in total. The molecule has 0 amide bonds. The lowest BCUT2D eigenvalue weighted by molar-refractivity contribution is -0.137. The van der Waals surface area contributed by atoms with E-state index in [1.165, 1.54) is 83.1 Å². The number of unbranched alkanes of at least 4 members (excludes halogenated alkanes) is 14. The van der Waals surface area contributed by atoms with Crippen molar-refractivity contribution in [2.45, 2.75) is 96.3 Å². The number of ether oxygens (including phenoxy) is 1. The molecule has 0 aliphatic rings. The average Bonchev–Trinajstić information content (AvgIpc) is 2.54. The number of carbonyl (C=O) groups is 1. The smallest absolute Gasteiger partial charge is 0.330 e. The van der Waals surface area contributed by atoms with E-state index >= 15 is 0 Å². The molecular formula is C20H37O2. The molecule has 129 valence electrons. The molecule has 1 radical (unpaired) electrons. The molecule has 22 heavy (non-hydrogen) atoms. The Morgan fingerprint density at radius 2 is 1.05 bits per heavy atom. The number of rotatable bonds is 17. The Morgan fingerprint density at radius 3 is 1.41 bits per heavy atom. The van der Waals surface area contributed by atoms with Crippen molar-refractivity contribution in [3.63, 3.8) is 0 Å². The second-order valence-electron chi connectivity index (χ2n) is 6.17. The molecule has 0 aliphatic carbocycles. The van der Waals surface area contributed by atoms with Gasteiger partial charge in [0.2, 0.25) is 0 Å². The molecule has 0 aromatic carbocycles. The highest BCUT2D eigenvalue weighted by molar-refractivity contribution is 5.81. The number of carbonyl (C=O) groups excluding carboxylic acids is 1. The van der Waals surface area contributed by atoms with Crippen LogP contribution < -0.4 is 0 Å². The van der Waals surface area contributed by atoms with Crippen molar-refractivity contribution in [2.75, 3.05) is 6.61 Å². The van der Waals surface area contributed by atoms with Gasteiger partial charge in [0.25, 0.3) is 0 Å². The maximum atomic E-state index is 10.8. The van der Waals surface area contributed by atoms with Crippen molar-refractivity contribution in [1.29, 1.82) is 0 Å². The van der Waals surface area contributed by atoms with Gasteiger partial charge < -0.3 is 4.74 Å². The van der Waals surface area contributed by atoms with Gasteiger partial charge in [0.05, 0.1) is 6.61 Å². The van der Waals surface area contributed by atoms with Crippen LogP contribution in [0.2, 0.25) is 0 Å². The van der Waals surface area contributed by atoms with Crippen LogP contribution >= 0.6 is 0 Å². The van der Waals surface area contributed by atoms with Crippen molar-refractivity contribution >= 4 is 5.97 Å². The largest absolute Gasteiger partial charge is 0.463 e. The summed E-state index contributed by atoms with van der Waals surface area (Å²) in [5, 5.41) is 0. The van der Waals surface area contributed by atoms with E-state index in [4.69, 9.17) is 4.74 Å². The molecule has 0 unspecified atom stereocenters. The van der Waals surface area contributed by atoms with Crippen LogP contribution in [0.3, 0.4) is 0 Å². The van der Waals surface area contributed by atoms with Crippen LogP contribution in [0.15, 0.2) is 12.7 Å². The summed E-state index contributed by atoms with van der Waals surface area (Å²) in [6.07, 6.45) is 20.9. The minimum Gasteiger partial charge on any atom is -0.463 e. The average molecular weight is 310 g/mol. The van der Waals surface area contributed by atoms with Crippen LogP contribution in [0.25, 0.3) is 0 Å². The van der Waals surface area contributed by atoms with Crippen molar-refractivity contribution in [2.24, 2.45) is 0 Å². The third-order valence-corrected chi connectivity index (χ3v) is 4.06. The molecule has 0 bridgehead atoms. The quantitative estimate of drug-likeness (QED) is 0.176. The Morgan fingerprint density at radius 1 is 0.682 bits per heavy atom. The SMILES string of the molecule is [CH2]CCCCCCCCCCCCCCCCOC(=O)C=C. The minimum absolute atomic E-state index is 0.303. The van der Waals surface area contributed by atoms with Crippen LogP contribution in [0.4, 0.5) is 0 Å². The lowest BCUT2D eigenvalue weighted by Crippen LogP contribution is -2.01. The van der Waals surface area contributed by atoms with Gasteiger partial charge in [-0.2, -0.15) is 0 Å².